The Hall–Kier alpha value is -4.53. The number of fused-ring (bicyclic) bond motifs is 3. The molecule has 2 aliphatic carbocycles. The second-order valence-corrected chi connectivity index (χ2v) is 17.0. The number of aromatic nitrogens is 1. The number of amides is 5. The van der Waals surface area contributed by atoms with Crippen molar-refractivity contribution in [3.05, 3.63) is 54.2 Å². The summed E-state index contributed by atoms with van der Waals surface area (Å²) in [6.45, 7) is 5.10. The molecule has 4 aliphatic rings. The van der Waals surface area contributed by atoms with Gasteiger partial charge in [0.25, 0.3) is 11.8 Å². The van der Waals surface area contributed by atoms with Gasteiger partial charge in [-0.15, -0.1) is 0 Å². The van der Waals surface area contributed by atoms with Crippen LogP contribution in [0, 0.1) is 5.92 Å². The van der Waals surface area contributed by atoms with Gasteiger partial charge in [-0.3, -0.25) is 28.9 Å². The molecule has 0 unspecified atom stereocenters. The molecule has 0 spiro atoms. The smallest absolute Gasteiger partial charge is 0.408 e. The predicted octanol–water partition coefficient (Wildman–Crippen LogP) is 2.83. The highest BCUT2D eigenvalue weighted by molar-refractivity contribution is 7.91. The Morgan fingerprint density at radius 3 is 2.57 bits per heavy atom. The fourth-order valence-corrected chi connectivity index (χ4v) is 8.20. The molecule has 1 saturated heterocycles. The normalized spacial score (nSPS) is 27.9. The number of carbonyl (C=O) groups is 5. The van der Waals surface area contributed by atoms with Crippen LogP contribution >= 0.6 is 0 Å². The van der Waals surface area contributed by atoms with Crippen LogP contribution < -0.4 is 20.7 Å². The number of benzene rings is 1. The number of sulfonamides is 1. The lowest BCUT2D eigenvalue weighted by Crippen LogP contribution is -2.58. The first-order chi connectivity index (χ1) is 24.1. The monoisotopic (exact) mass is 722 g/mol. The fraction of sp³-hybridized carbons (Fsp3) is 0.556. The van der Waals surface area contributed by atoms with Crippen molar-refractivity contribution in [2.45, 2.75) is 113 Å². The summed E-state index contributed by atoms with van der Waals surface area (Å²) in [4.78, 5) is 74.1. The minimum absolute atomic E-state index is 0.0240. The van der Waals surface area contributed by atoms with Gasteiger partial charge in [0.1, 0.15) is 23.2 Å². The van der Waals surface area contributed by atoms with Gasteiger partial charge in [0.05, 0.1) is 10.8 Å². The zero-order chi connectivity index (χ0) is 36.6. The lowest BCUT2D eigenvalue weighted by Gasteiger charge is -2.30. The SMILES string of the molecule is CC(C)(C)OC(=O)N[C@H]1CCCCC/C=C\[C@H]2C[C@@]2(C(=O)NS(=O)(=O)C2CC2)NC(=O)[C@@H]2C[C@@H](NC(=O)c3ccc4ncccc4c3)CN2C1=O. The highest BCUT2D eigenvalue weighted by atomic mass is 32.2. The van der Waals surface area contributed by atoms with Gasteiger partial charge in [0.2, 0.25) is 21.8 Å². The highest BCUT2D eigenvalue weighted by Gasteiger charge is 2.62. The second kappa shape index (κ2) is 14.2. The summed E-state index contributed by atoms with van der Waals surface area (Å²) in [6, 6.07) is 5.90. The molecule has 2 aliphatic heterocycles. The van der Waals surface area contributed by atoms with E-state index >= 15 is 0 Å². The third-order valence-electron chi connectivity index (χ3n) is 9.77. The molecule has 2 aromatic rings. The van der Waals surface area contributed by atoms with E-state index in [0.717, 1.165) is 23.7 Å². The topological polar surface area (TPSA) is 193 Å². The molecule has 6 rings (SSSR count). The maximum Gasteiger partial charge on any atom is 0.408 e. The fourth-order valence-electron chi connectivity index (χ4n) is 6.84. The van der Waals surface area contributed by atoms with Crippen LogP contribution in [0.15, 0.2) is 48.7 Å². The summed E-state index contributed by atoms with van der Waals surface area (Å²) >= 11 is 0. The maximum absolute atomic E-state index is 14.3. The van der Waals surface area contributed by atoms with Crippen LogP contribution in [0.5, 0.6) is 0 Å². The first kappa shape index (κ1) is 36.3. The van der Waals surface area contributed by atoms with Crippen molar-refractivity contribution in [1.82, 2.24) is 30.6 Å². The Labute approximate surface area is 297 Å². The van der Waals surface area contributed by atoms with Crippen molar-refractivity contribution in [2.24, 2.45) is 5.92 Å². The van der Waals surface area contributed by atoms with E-state index in [0.29, 0.717) is 37.7 Å². The van der Waals surface area contributed by atoms with Crippen LogP contribution in [0.2, 0.25) is 0 Å². The second-order valence-electron chi connectivity index (χ2n) is 15.0. The lowest BCUT2D eigenvalue weighted by molar-refractivity contribution is -0.141. The maximum atomic E-state index is 14.3. The number of hydrogen-bond acceptors (Lipinski definition) is 9. The number of rotatable bonds is 6. The summed E-state index contributed by atoms with van der Waals surface area (Å²) in [5, 5.41) is 8.63. The molecule has 51 heavy (non-hydrogen) atoms. The molecule has 0 bridgehead atoms. The van der Waals surface area contributed by atoms with Crippen molar-refractivity contribution < 1.29 is 37.1 Å². The third-order valence-corrected chi connectivity index (χ3v) is 11.6. The molecule has 274 valence electrons. The van der Waals surface area contributed by atoms with Crippen LogP contribution in [0.4, 0.5) is 4.79 Å². The zero-order valence-corrected chi connectivity index (χ0v) is 30.0. The van der Waals surface area contributed by atoms with E-state index in [1.165, 1.54) is 4.90 Å². The first-order valence-corrected chi connectivity index (χ1v) is 19.2. The molecule has 15 heteroatoms. The van der Waals surface area contributed by atoms with E-state index in [1.807, 2.05) is 18.2 Å². The van der Waals surface area contributed by atoms with E-state index in [-0.39, 0.29) is 19.4 Å². The minimum Gasteiger partial charge on any atom is -0.444 e. The van der Waals surface area contributed by atoms with Crippen molar-refractivity contribution in [3.63, 3.8) is 0 Å². The zero-order valence-electron chi connectivity index (χ0n) is 29.1. The van der Waals surface area contributed by atoms with Gasteiger partial charge in [0, 0.05) is 35.7 Å². The molecule has 3 heterocycles. The summed E-state index contributed by atoms with van der Waals surface area (Å²) in [7, 11) is -3.89. The quantitative estimate of drug-likeness (QED) is 0.325. The Kier molecular flexibility index (Phi) is 10.1. The molecule has 3 fully saturated rings. The van der Waals surface area contributed by atoms with Crippen LogP contribution in [0.1, 0.15) is 88.9 Å². The number of pyridine rings is 1. The molecule has 14 nitrogen and oxygen atoms in total. The van der Waals surface area contributed by atoms with Crippen molar-refractivity contribution in [2.75, 3.05) is 6.54 Å². The molecule has 2 saturated carbocycles. The number of carbonyl (C=O) groups excluding carboxylic acids is 5. The molecule has 1 aromatic heterocycles. The molecule has 5 amide bonds. The average molecular weight is 723 g/mol. The number of alkyl carbamates (subject to hydrolysis) is 1. The molecule has 4 N–H and O–H groups in total. The largest absolute Gasteiger partial charge is 0.444 e. The Bertz CT molecular complexity index is 1850. The van der Waals surface area contributed by atoms with Crippen molar-refractivity contribution in [1.29, 1.82) is 0 Å². The van der Waals surface area contributed by atoms with E-state index in [4.69, 9.17) is 4.74 Å². The molecule has 0 radical (unpaired) electrons. The van der Waals surface area contributed by atoms with Crippen LogP contribution in [-0.2, 0) is 29.1 Å². The summed E-state index contributed by atoms with van der Waals surface area (Å²) in [6.07, 6.45) is 8.93. The van der Waals surface area contributed by atoms with Gasteiger partial charge in [-0.25, -0.2) is 13.2 Å². The van der Waals surface area contributed by atoms with Gasteiger partial charge in [0.15, 0.2) is 0 Å². The predicted molar refractivity (Wildman–Crippen MR) is 188 cm³/mol. The van der Waals surface area contributed by atoms with E-state index < -0.39 is 80.2 Å². The Balaban J connectivity index is 1.27. The van der Waals surface area contributed by atoms with Crippen molar-refractivity contribution >= 4 is 50.6 Å². The molecule has 1 aromatic carbocycles. The van der Waals surface area contributed by atoms with Gasteiger partial charge >= 0.3 is 6.09 Å². The Morgan fingerprint density at radius 2 is 1.82 bits per heavy atom. The first-order valence-electron chi connectivity index (χ1n) is 17.7. The number of nitrogens with zero attached hydrogens (tertiary/aromatic N) is 2. The molecular formula is C36H46N6O8S. The number of nitrogens with one attached hydrogen (secondary N) is 4. The summed E-state index contributed by atoms with van der Waals surface area (Å²) in [5.41, 5.74) is -1.23. The number of hydrogen-bond donors (Lipinski definition) is 4. The van der Waals surface area contributed by atoms with Crippen LogP contribution in [0.25, 0.3) is 10.9 Å². The molecule has 5 atom stereocenters. The summed E-state index contributed by atoms with van der Waals surface area (Å²) in [5.74, 6) is -2.83. The van der Waals surface area contributed by atoms with Crippen molar-refractivity contribution in [3.8, 4) is 0 Å². The van der Waals surface area contributed by atoms with Crippen LogP contribution in [0.3, 0.4) is 0 Å². The van der Waals surface area contributed by atoms with Gasteiger partial charge in [-0.1, -0.05) is 31.1 Å². The van der Waals surface area contributed by atoms with E-state index in [1.54, 1.807) is 51.2 Å². The minimum atomic E-state index is -3.89. The van der Waals surface area contributed by atoms with E-state index in [9.17, 15) is 32.4 Å². The van der Waals surface area contributed by atoms with Gasteiger partial charge < -0.3 is 25.6 Å². The average Bonchev–Trinajstić information content (AvgIpc) is 3.99. The lowest BCUT2D eigenvalue weighted by atomic mass is 10.0. The Morgan fingerprint density at radius 1 is 1.04 bits per heavy atom. The number of ether oxygens (including phenoxy) is 1. The highest BCUT2D eigenvalue weighted by Crippen LogP contribution is 2.46. The molecular weight excluding hydrogens is 676 g/mol. The van der Waals surface area contributed by atoms with E-state index in [2.05, 4.69) is 25.7 Å². The number of allylic oxidation sites excluding steroid dienone is 1. The van der Waals surface area contributed by atoms with Gasteiger partial charge in [-0.2, -0.15) is 0 Å². The standard InChI is InChI=1S/C36H46N6O8S/c1-35(2,3)50-34(47)39-28-12-8-6-4-5-7-11-24-20-36(24,33(46)41-51(48,49)26-14-15-26)40-31(44)29-19-25(21-42(29)32(28)45)38-30(43)23-13-16-27-22(18-23)10-9-17-37-27/h7,9-11,13,16-18,24-26,28-29H,4-6,8,12,14-15,19-21H2,1-3H3,(H,38,43)(H,39,47)(H,40,44)(H,41,46)/b11-7-/t24-,25+,28-,29-,36+/m0/s1. The van der Waals surface area contributed by atoms with Crippen LogP contribution in [-0.4, -0.2) is 89.1 Å². The third kappa shape index (κ3) is 8.51. The van der Waals surface area contributed by atoms with Gasteiger partial charge in [-0.05, 0) is 90.0 Å². The summed E-state index contributed by atoms with van der Waals surface area (Å²) < 4.78 is 33.2.